The molecular formula is C91H147O18W3-3. The van der Waals surface area contributed by atoms with Crippen LogP contribution in [0.15, 0.2) is 158 Å². The van der Waals surface area contributed by atoms with Gasteiger partial charge in [0.2, 0.25) is 0 Å². The first-order chi connectivity index (χ1) is 51.6. The first kappa shape index (κ1) is 112. The Labute approximate surface area is 718 Å². The molecule has 3 aliphatic heterocycles. The minimum absolute atomic E-state index is 0. The summed E-state index contributed by atoms with van der Waals surface area (Å²) in [6.45, 7) is 33.4. The maximum atomic E-state index is 12.5. The summed E-state index contributed by atoms with van der Waals surface area (Å²) in [6.07, 6.45) is 47.1. The van der Waals surface area contributed by atoms with E-state index in [2.05, 4.69) is 13.5 Å². The van der Waals surface area contributed by atoms with Crippen LogP contribution in [0.2, 0.25) is 0 Å². The molecule has 0 bridgehead atoms. The Morgan fingerprint density at radius 1 is 0.402 bits per heavy atom. The second-order valence-electron chi connectivity index (χ2n) is 31.4. The molecule has 12 N–H and O–H groups in total. The molecule has 112 heavy (non-hydrogen) atoms. The first-order valence-corrected chi connectivity index (χ1v) is 40.6. The Hall–Kier alpha value is -3.78. The van der Waals surface area contributed by atoms with Gasteiger partial charge in [-0.2, -0.15) is 0 Å². The summed E-state index contributed by atoms with van der Waals surface area (Å²) in [4.78, 5) is 37.5. The third kappa shape index (κ3) is 49.4. The molecule has 3 aliphatic rings. The number of rotatable bonds is 9. The second kappa shape index (κ2) is 65.2. The molecular weight excluding hydrogens is 1930 g/mol. The zero-order valence-electron chi connectivity index (χ0n) is 69.9. The van der Waals surface area contributed by atoms with Crippen LogP contribution in [-0.4, -0.2) is 171 Å². The number of hydrogen-bond acceptors (Lipinski definition) is 18. The topological polar surface area (TPSA) is 322 Å². The minimum atomic E-state index is -0.863. The Morgan fingerprint density at radius 2 is 0.696 bits per heavy atom. The number of allylic oxidation sites excluding steroid dienone is 10. The molecule has 0 aromatic rings. The van der Waals surface area contributed by atoms with Crippen molar-refractivity contribution in [2.45, 2.75) is 298 Å². The van der Waals surface area contributed by atoms with Crippen LogP contribution in [0, 0.1) is 96.2 Å². The normalized spacial score (nSPS) is 37.5. The summed E-state index contributed by atoms with van der Waals surface area (Å²) in [5.41, 5.74) is 0. The summed E-state index contributed by atoms with van der Waals surface area (Å²) in [5, 5.41) is 126. The van der Waals surface area contributed by atoms with Crippen LogP contribution < -0.4 is 0 Å². The average Bonchev–Trinajstić information content (AvgIpc) is 0.872. The van der Waals surface area contributed by atoms with Crippen molar-refractivity contribution in [1.82, 2.24) is 0 Å². The van der Waals surface area contributed by atoms with Crippen LogP contribution in [0.4, 0.5) is 0 Å². The quantitative estimate of drug-likeness (QED) is 0.0335. The number of cyclic esters (lactones) is 3. The first-order valence-electron chi connectivity index (χ1n) is 40.6. The van der Waals surface area contributed by atoms with Gasteiger partial charge >= 0.3 is 17.9 Å². The minimum Gasteiger partial charge on any atom is -0.458 e. The fourth-order valence-corrected chi connectivity index (χ4v) is 13.9. The van der Waals surface area contributed by atoms with Gasteiger partial charge in [-0.25, -0.2) is 70.1 Å². The van der Waals surface area contributed by atoms with E-state index in [9.17, 15) is 75.7 Å². The summed E-state index contributed by atoms with van der Waals surface area (Å²) in [5.74, 6) is -2.42. The van der Waals surface area contributed by atoms with Crippen LogP contribution in [0.25, 0.3) is 0 Å². The van der Waals surface area contributed by atoms with E-state index in [1.165, 1.54) is 43.6 Å². The van der Waals surface area contributed by atoms with Crippen molar-refractivity contribution >= 4 is 17.9 Å². The van der Waals surface area contributed by atoms with Crippen molar-refractivity contribution in [2.24, 2.45) is 76.9 Å². The van der Waals surface area contributed by atoms with E-state index >= 15 is 0 Å². The number of carbonyl (C=O) groups excluding carboxylic acids is 3. The molecule has 21 heteroatoms. The monoisotopic (exact) mass is 2080 g/mol. The maximum Gasteiger partial charge on any atom is 0.329 e. The van der Waals surface area contributed by atoms with Gasteiger partial charge in [0.15, 0.2) is 0 Å². The molecule has 3 rings (SSSR count). The summed E-state index contributed by atoms with van der Waals surface area (Å²) in [7, 11) is 0. The van der Waals surface area contributed by atoms with Gasteiger partial charge in [-0.3, -0.25) is 0 Å². The Bertz CT molecular complexity index is 2730. The molecule has 18 nitrogen and oxygen atoms in total. The number of ether oxygens (including phenoxy) is 3. The molecule has 0 saturated carbocycles. The molecule has 0 saturated heterocycles. The van der Waals surface area contributed by atoms with Gasteiger partial charge < -0.3 is 75.5 Å². The summed E-state index contributed by atoms with van der Waals surface area (Å²) >= 11 is 0. The van der Waals surface area contributed by atoms with Crippen molar-refractivity contribution in [3.05, 3.63) is 178 Å². The fourth-order valence-electron chi connectivity index (χ4n) is 13.9. The van der Waals surface area contributed by atoms with E-state index in [4.69, 9.17) is 14.2 Å². The van der Waals surface area contributed by atoms with E-state index in [-0.39, 0.29) is 159 Å². The molecule has 0 aliphatic carbocycles. The number of hydrogen-bond donors (Lipinski definition) is 12. The van der Waals surface area contributed by atoms with Crippen LogP contribution in [0.3, 0.4) is 0 Å². The third-order valence-corrected chi connectivity index (χ3v) is 21.2. The Balaban J connectivity index is -0.00000157. The smallest absolute Gasteiger partial charge is 0.329 e. The number of aliphatic hydroxyl groups is 12. The van der Waals surface area contributed by atoms with Gasteiger partial charge in [0.1, 0.15) is 18.3 Å². The molecule has 0 amide bonds. The number of esters is 3. The number of carbonyl (C=O) groups is 3. The third-order valence-electron chi connectivity index (χ3n) is 21.2. The second-order valence-corrected chi connectivity index (χ2v) is 31.4. The Kier molecular flexibility index (Phi) is 65.4. The van der Waals surface area contributed by atoms with E-state index < -0.39 is 109 Å². The zero-order valence-corrected chi connectivity index (χ0v) is 78.7. The molecule has 0 fully saturated rings. The van der Waals surface area contributed by atoms with Crippen LogP contribution in [-0.2, 0) is 91.8 Å². The largest absolute Gasteiger partial charge is 0.458 e. The predicted octanol–water partition coefficient (Wildman–Crippen LogP) is 14.1. The van der Waals surface area contributed by atoms with Gasteiger partial charge in [0.25, 0.3) is 0 Å². The van der Waals surface area contributed by atoms with E-state index in [0.29, 0.717) is 19.3 Å². The molecule has 0 aromatic heterocycles. The molecule has 28 atom stereocenters. The van der Waals surface area contributed by atoms with Crippen molar-refractivity contribution in [2.75, 3.05) is 0 Å². The van der Waals surface area contributed by atoms with Gasteiger partial charge in [0.05, 0.1) is 54.9 Å². The average molecular weight is 2080 g/mol. The molecule has 640 valence electrons. The molecule has 0 radical (unpaired) electrons. The number of aliphatic hydroxyl groups excluding tert-OH is 12. The van der Waals surface area contributed by atoms with E-state index in [1.54, 1.807) is 97.2 Å². The van der Waals surface area contributed by atoms with Gasteiger partial charge in [-0.15, -0.1) is 18.2 Å². The molecule has 0 aromatic carbocycles. The summed E-state index contributed by atoms with van der Waals surface area (Å²) < 4.78 is 17.3. The fraction of sp³-hybridized carbons (Fsp3) is 0.648. The molecule has 3 unspecified atom stereocenters. The van der Waals surface area contributed by atoms with Gasteiger partial charge in [-0.05, 0) is 101 Å². The van der Waals surface area contributed by atoms with Crippen molar-refractivity contribution in [3.63, 3.8) is 0 Å². The standard InChI is InChI=1S/C31H49O6.2C30H49O6.3W/c1-7-8-12-23(4)31-25(6)28(34)18-15-21(2)19-24(5)30(36)22(3)16-17-27(33)20-26(32)13-10-9-11-14-29(35)37-31;2*1-6-7-13-23(4)30-24(5)27(33)16-12-11-14-21(2)29(35)22(3)18-19-26(32)20-25(31)15-9-8-10-17-28(34)36-30;;;/h7-14,16-17,21-28,30-34,36H,1,15,18-20H2,2-6H3;2*7-10,13,15,17-19,21-27,29-33,35H,6,11-12,14,16,20H2,1-5H3;;;/q3*-1;;;/b10-9+,12-8-,14-11-,17-16-;2*9-8+,13-7-,17-10-,19-18-;;;/t21-,22-,23-,24-,25-,26+,27+,28+,30-,31?;2*21-,22-,23-,24-,25+,26+,27+,29+,30?;;;/m000.../s1. The van der Waals surface area contributed by atoms with Crippen LogP contribution in [0.1, 0.15) is 207 Å². The SMILES string of the molecule is C=C/C=C\[C@H](C)C1OC(=O)/C=C\C=C\[CH-][C@@H](O)C[C@H](O)/C=C\[C@H](C)[C@H](O)[C@@H](C)C[C@@H](C)CC[C@@H](O)[C@@H]1C.CC/C=C\[C@H](C)C1OC(=O)/C=C\C=C\[CH-][C@@H](O)C[C@H](O)/C=C\[C@H](C)[C@H](O)[C@@H](C)CCCC[C@@H](O)[C@@H]1C.CC/C=C\[C@H](C)C1OC(=O)/C=C\C=C\[CH-][C@@H](O)C[C@H](O)/C=C\[C@H](C)[C@H](O)[C@@H](C)CCCC[C@@H](O)[C@@H]1C.[W].[W].[W]. The van der Waals surface area contributed by atoms with Crippen LogP contribution in [0.5, 0.6) is 0 Å². The molecule has 0 spiro atoms. The van der Waals surface area contributed by atoms with Gasteiger partial charge in [0, 0.05) is 153 Å². The van der Waals surface area contributed by atoms with Crippen molar-refractivity contribution in [3.8, 4) is 0 Å². The maximum absolute atomic E-state index is 12.5. The Morgan fingerprint density at radius 3 is 1.01 bits per heavy atom. The van der Waals surface area contributed by atoms with Crippen LogP contribution >= 0.6 is 0 Å². The summed E-state index contributed by atoms with van der Waals surface area (Å²) in [6, 6.07) is 0. The predicted molar refractivity (Wildman–Crippen MR) is 439 cm³/mol. The van der Waals surface area contributed by atoms with Gasteiger partial charge in [-0.1, -0.05) is 215 Å². The zero-order chi connectivity index (χ0) is 82.1. The molecule has 3 heterocycles. The van der Waals surface area contributed by atoms with E-state index in [1.807, 2.05) is 127 Å². The van der Waals surface area contributed by atoms with Crippen molar-refractivity contribution in [1.29, 1.82) is 0 Å². The van der Waals surface area contributed by atoms with Crippen molar-refractivity contribution < 1.29 is 153 Å². The van der Waals surface area contributed by atoms with E-state index in [0.717, 1.165) is 64.2 Å².